The number of nitrogens with one attached hydrogen (secondary N) is 1. The van der Waals surface area contributed by atoms with Crippen molar-refractivity contribution in [2.24, 2.45) is 10.9 Å². The van der Waals surface area contributed by atoms with E-state index in [9.17, 15) is 9.50 Å². The molecule has 5 nitrogen and oxygen atoms in total. The molecule has 0 aliphatic heterocycles. The van der Waals surface area contributed by atoms with Crippen LogP contribution in [0.3, 0.4) is 0 Å². The number of rotatable bonds is 5. The molecule has 0 aromatic heterocycles. The third-order valence-electron chi connectivity index (χ3n) is 4.22. The van der Waals surface area contributed by atoms with Gasteiger partial charge in [0.2, 0.25) is 0 Å². The number of aliphatic hydroxyl groups is 1. The van der Waals surface area contributed by atoms with Gasteiger partial charge in [0, 0.05) is 17.6 Å². The first-order chi connectivity index (χ1) is 10.1. The first-order valence-corrected chi connectivity index (χ1v) is 7.22. The summed E-state index contributed by atoms with van der Waals surface area (Å²) in [5.41, 5.74) is 6.42. The van der Waals surface area contributed by atoms with Crippen LogP contribution in [0.2, 0.25) is 0 Å². The monoisotopic (exact) mass is 295 g/mol. The van der Waals surface area contributed by atoms with E-state index in [4.69, 9.17) is 10.9 Å². The molecule has 6 heteroatoms. The van der Waals surface area contributed by atoms with Gasteiger partial charge in [-0.05, 0) is 30.5 Å². The average molecular weight is 295 g/mol. The van der Waals surface area contributed by atoms with Gasteiger partial charge in [0.25, 0.3) is 0 Å². The lowest BCUT2D eigenvalue weighted by Gasteiger charge is -2.37. The molecule has 5 N–H and O–H groups in total. The van der Waals surface area contributed by atoms with Gasteiger partial charge < -0.3 is 21.4 Å². The third kappa shape index (κ3) is 3.71. The Morgan fingerprint density at radius 2 is 2.05 bits per heavy atom. The van der Waals surface area contributed by atoms with Gasteiger partial charge in [0.1, 0.15) is 5.82 Å². The second kappa shape index (κ2) is 6.87. The first-order valence-electron chi connectivity index (χ1n) is 7.22. The summed E-state index contributed by atoms with van der Waals surface area (Å²) in [5, 5.41) is 24.8. The summed E-state index contributed by atoms with van der Waals surface area (Å²) in [7, 11) is 0. The average Bonchev–Trinajstić information content (AvgIpc) is 2.53. The van der Waals surface area contributed by atoms with Crippen LogP contribution in [-0.4, -0.2) is 28.3 Å². The highest BCUT2D eigenvalue weighted by Gasteiger charge is 2.30. The van der Waals surface area contributed by atoms with Crippen LogP contribution >= 0.6 is 0 Å². The van der Waals surface area contributed by atoms with Crippen LogP contribution in [0.1, 0.15) is 43.2 Å². The number of hydrogen-bond donors (Lipinski definition) is 4. The number of amidine groups is 1. The fourth-order valence-electron chi connectivity index (χ4n) is 2.90. The van der Waals surface area contributed by atoms with Crippen LogP contribution in [0.15, 0.2) is 23.4 Å². The number of hydrogen-bond acceptors (Lipinski definition) is 4. The molecule has 0 amide bonds. The minimum atomic E-state index is -0.435. The van der Waals surface area contributed by atoms with Crippen LogP contribution < -0.4 is 11.1 Å². The normalized spacial score (nSPS) is 18.7. The molecule has 1 aromatic carbocycles. The fraction of sp³-hybridized carbons (Fsp3) is 0.533. The summed E-state index contributed by atoms with van der Waals surface area (Å²) in [4.78, 5) is 0. The van der Waals surface area contributed by atoms with Crippen molar-refractivity contribution >= 4 is 5.84 Å². The Labute approximate surface area is 123 Å². The predicted octanol–water partition coefficient (Wildman–Crippen LogP) is 1.70. The number of aliphatic hydroxyl groups excluding tert-OH is 1. The van der Waals surface area contributed by atoms with Crippen molar-refractivity contribution < 1.29 is 14.7 Å². The molecule has 116 valence electrons. The van der Waals surface area contributed by atoms with Crippen LogP contribution in [0.25, 0.3) is 0 Å². The predicted molar refractivity (Wildman–Crippen MR) is 78.7 cm³/mol. The molecule has 2 rings (SSSR count). The highest BCUT2D eigenvalue weighted by Crippen LogP contribution is 2.28. The quantitative estimate of drug-likeness (QED) is 0.288. The molecular weight excluding hydrogens is 273 g/mol. The molecule has 1 saturated carbocycles. The van der Waals surface area contributed by atoms with E-state index >= 15 is 0 Å². The first kappa shape index (κ1) is 15.7. The zero-order chi connectivity index (χ0) is 15.3. The second-order valence-electron chi connectivity index (χ2n) is 5.64. The number of benzene rings is 1. The van der Waals surface area contributed by atoms with Gasteiger partial charge in [-0.3, -0.25) is 0 Å². The van der Waals surface area contributed by atoms with Gasteiger partial charge in [-0.15, -0.1) is 0 Å². The molecule has 0 radical (unpaired) electrons. The van der Waals surface area contributed by atoms with Crippen molar-refractivity contribution in [3.8, 4) is 0 Å². The molecule has 21 heavy (non-hydrogen) atoms. The molecule has 0 atom stereocenters. The molecule has 0 spiro atoms. The number of halogens is 1. The Morgan fingerprint density at radius 3 is 2.67 bits per heavy atom. The van der Waals surface area contributed by atoms with Gasteiger partial charge in [0.15, 0.2) is 5.84 Å². The van der Waals surface area contributed by atoms with Crippen molar-refractivity contribution in [2.75, 3.05) is 6.61 Å². The van der Waals surface area contributed by atoms with E-state index in [0.29, 0.717) is 12.1 Å². The Hall–Kier alpha value is -1.66. The van der Waals surface area contributed by atoms with E-state index in [1.54, 1.807) is 6.07 Å². The van der Waals surface area contributed by atoms with Gasteiger partial charge in [-0.1, -0.05) is 30.5 Å². The van der Waals surface area contributed by atoms with Crippen molar-refractivity contribution in [1.82, 2.24) is 5.32 Å². The van der Waals surface area contributed by atoms with Crippen molar-refractivity contribution in [3.63, 3.8) is 0 Å². The highest BCUT2D eigenvalue weighted by atomic mass is 19.1. The van der Waals surface area contributed by atoms with E-state index in [0.717, 1.165) is 31.2 Å². The van der Waals surface area contributed by atoms with Crippen LogP contribution in [0.5, 0.6) is 0 Å². The molecular formula is C15H22FN3O2. The molecule has 0 unspecified atom stereocenters. The lowest BCUT2D eigenvalue weighted by atomic mass is 9.82. The Balaban J connectivity index is 2.15. The molecule has 0 heterocycles. The largest absolute Gasteiger partial charge is 0.409 e. The summed E-state index contributed by atoms with van der Waals surface area (Å²) in [5.74, 6) is -0.553. The van der Waals surface area contributed by atoms with Crippen LogP contribution in [-0.2, 0) is 6.54 Å². The molecule has 0 bridgehead atoms. The zero-order valence-corrected chi connectivity index (χ0v) is 12.0. The second-order valence-corrected chi connectivity index (χ2v) is 5.64. The van der Waals surface area contributed by atoms with Crippen molar-refractivity contribution in [2.45, 2.75) is 44.2 Å². The zero-order valence-electron chi connectivity index (χ0n) is 12.0. The number of nitrogens with two attached hydrogens (primary N) is 1. The summed E-state index contributed by atoms with van der Waals surface area (Å²) in [6.07, 6.45) is 5.21. The van der Waals surface area contributed by atoms with Gasteiger partial charge in [-0.2, -0.15) is 0 Å². The lowest BCUT2D eigenvalue weighted by Crippen LogP contribution is -2.49. The molecule has 1 aliphatic carbocycles. The lowest BCUT2D eigenvalue weighted by molar-refractivity contribution is 0.119. The molecule has 0 saturated heterocycles. The van der Waals surface area contributed by atoms with Crippen molar-refractivity contribution in [3.05, 3.63) is 35.1 Å². The maximum Gasteiger partial charge on any atom is 0.170 e. The van der Waals surface area contributed by atoms with Crippen LogP contribution in [0.4, 0.5) is 4.39 Å². The van der Waals surface area contributed by atoms with Crippen molar-refractivity contribution in [1.29, 1.82) is 0 Å². The topological polar surface area (TPSA) is 90.9 Å². The summed E-state index contributed by atoms with van der Waals surface area (Å²) in [6, 6.07) is 4.21. The van der Waals surface area contributed by atoms with E-state index in [1.165, 1.54) is 18.6 Å². The summed E-state index contributed by atoms with van der Waals surface area (Å²) >= 11 is 0. The fourth-order valence-corrected chi connectivity index (χ4v) is 2.90. The third-order valence-corrected chi connectivity index (χ3v) is 4.22. The van der Waals surface area contributed by atoms with E-state index < -0.39 is 5.82 Å². The van der Waals surface area contributed by atoms with Gasteiger partial charge in [0.05, 0.1) is 6.61 Å². The van der Waals surface area contributed by atoms with Gasteiger partial charge >= 0.3 is 0 Å². The number of oxime groups is 1. The smallest absolute Gasteiger partial charge is 0.170 e. The van der Waals surface area contributed by atoms with Gasteiger partial charge in [-0.25, -0.2) is 4.39 Å². The maximum absolute atomic E-state index is 13.3. The van der Waals surface area contributed by atoms with E-state index in [1.807, 2.05) is 0 Å². The summed E-state index contributed by atoms with van der Waals surface area (Å²) in [6.45, 7) is 0.513. The molecule has 1 fully saturated rings. The SMILES string of the molecule is NC(=NO)c1cc(F)ccc1CNC1(CO)CCCCC1. The number of nitrogens with zero attached hydrogens (tertiary/aromatic N) is 1. The minimum absolute atomic E-state index is 0.0765. The summed E-state index contributed by atoms with van der Waals surface area (Å²) < 4.78 is 13.3. The van der Waals surface area contributed by atoms with E-state index in [2.05, 4.69) is 10.5 Å². The highest BCUT2D eigenvalue weighted by molar-refractivity contribution is 5.98. The molecule has 1 aromatic rings. The standard InChI is InChI=1S/C15H22FN3O2/c16-12-5-4-11(13(8-12)14(17)19-21)9-18-15(10-20)6-2-1-3-7-15/h4-5,8,18,20-21H,1-3,6-7,9-10H2,(H2,17,19). The Morgan fingerprint density at radius 1 is 1.33 bits per heavy atom. The molecule has 1 aliphatic rings. The Bertz CT molecular complexity index is 514. The van der Waals surface area contributed by atoms with E-state index in [-0.39, 0.29) is 18.0 Å². The van der Waals surface area contributed by atoms with Crippen LogP contribution in [0, 0.1) is 5.82 Å². The Kier molecular flexibility index (Phi) is 5.14. The maximum atomic E-state index is 13.3. The minimum Gasteiger partial charge on any atom is -0.409 e.